The molecule has 2 nitrogen and oxygen atoms in total. The predicted molar refractivity (Wildman–Crippen MR) is 86.1 cm³/mol. The summed E-state index contributed by atoms with van der Waals surface area (Å²) in [6.07, 6.45) is 5.81. The monoisotopic (exact) mass is 312 g/mol. The predicted octanol–water partition coefficient (Wildman–Crippen LogP) is 4.44. The van der Waals surface area contributed by atoms with Crippen molar-refractivity contribution in [3.05, 3.63) is 27.7 Å². The second-order valence-electron chi connectivity index (χ2n) is 6.60. The molecule has 3 atom stereocenters. The lowest BCUT2D eigenvalue weighted by Crippen LogP contribution is -2.28. The Morgan fingerprint density at radius 3 is 2.45 bits per heavy atom. The Morgan fingerprint density at radius 1 is 1.20 bits per heavy atom. The van der Waals surface area contributed by atoms with E-state index in [1.165, 1.54) is 32.2 Å². The van der Waals surface area contributed by atoms with E-state index in [0.717, 1.165) is 29.9 Å². The Bertz CT molecular complexity index is 480. The van der Waals surface area contributed by atoms with E-state index in [4.69, 9.17) is 28.9 Å². The maximum atomic E-state index is 6.10. The topological polar surface area (TPSA) is 29.3 Å². The first-order valence-electron chi connectivity index (χ1n) is 7.45. The van der Waals surface area contributed by atoms with Crippen molar-refractivity contribution in [2.24, 2.45) is 17.8 Å². The minimum Gasteiger partial charge on any atom is -0.396 e. The van der Waals surface area contributed by atoms with Gasteiger partial charge in [-0.2, -0.15) is 0 Å². The van der Waals surface area contributed by atoms with Crippen LogP contribution in [0.25, 0.3) is 0 Å². The normalized spacial score (nSPS) is 28.5. The van der Waals surface area contributed by atoms with Crippen molar-refractivity contribution in [3.8, 4) is 0 Å². The summed E-state index contributed by atoms with van der Waals surface area (Å²) in [6.45, 7) is 2.06. The third kappa shape index (κ3) is 2.93. The molecule has 0 saturated heterocycles. The third-order valence-corrected chi connectivity index (χ3v) is 5.65. The summed E-state index contributed by atoms with van der Waals surface area (Å²) in [5.74, 6) is 2.87. The summed E-state index contributed by atoms with van der Waals surface area (Å²) >= 11 is 12.2. The number of nitrogens with two attached hydrogens (primary N) is 1. The van der Waals surface area contributed by atoms with Gasteiger partial charge in [0, 0.05) is 13.1 Å². The molecule has 0 spiro atoms. The van der Waals surface area contributed by atoms with Crippen molar-refractivity contribution < 1.29 is 0 Å². The van der Waals surface area contributed by atoms with Crippen LogP contribution in [0.1, 0.15) is 31.2 Å². The second-order valence-corrected chi connectivity index (χ2v) is 7.42. The Balaban J connectivity index is 1.60. The first-order valence-corrected chi connectivity index (χ1v) is 8.20. The highest BCUT2D eigenvalue weighted by molar-refractivity contribution is 6.38. The van der Waals surface area contributed by atoms with Crippen LogP contribution in [0, 0.1) is 17.8 Å². The highest BCUT2D eigenvalue weighted by Gasteiger charge is 2.39. The molecule has 2 aliphatic rings. The Morgan fingerprint density at radius 2 is 1.90 bits per heavy atom. The molecule has 1 aromatic rings. The Labute approximate surface area is 131 Å². The molecule has 0 amide bonds. The Kier molecular flexibility index (Phi) is 4.16. The molecule has 0 heterocycles. The van der Waals surface area contributed by atoms with Crippen molar-refractivity contribution in [3.63, 3.8) is 0 Å². The summed E-state index contributed by atoms with van der Waals surface area (Å²) in [6, 6.07) is 3.86. The molecule has 110 valence electrons. The van der Waals surface area contributed by atoms with Crippen LogP contribution in [0.5, 0.6) is 0 Å². The summed E-state index contributed by atoms with van der Waals surface area (Å²) < 4.78 is 0. The molecule has 2 bridgehead atoms. The fraction of sp³-hybridized carbons (Fsp3) is 0.625. The SMILES string of the molecule is CN(Cc1cc(Cl)c(N)c(Cl)c1)CC1CC2CCC1C2. The molecule has 0 radical (unpaired) electrons. The molecule has 20 heavy (non-hydrogen) atoms. The van der Waals surface area contributed by atoms with Crippen LogP contribution in [0.4, 0.5) is 5.69 Å². The fourth-order valence-corrected chi connectivity index (χ4v) is 4.64. The van der Waals surface area contributed by atoms with Crippen molar-refractivity contribution in [2.75, 3.05) is 19.3 Å². The number of hydrogen-bond donors (Lipinski definition) is 1. The first-order chi connectivity index (χ1) is 9.52. The molecule has 3 rings (SSSR count). The van der Waals surface area contributed by atoms with E-state index in [9.17, 15) is 0 Å². The standard InChI is InChI=1S/C16H22Cl2N2/c1-20(9-13-5-10-2-3-12(13)4-10)8-11-6-14(17)16(19)15(18)7-11/h6-7,10,12-13H,2-5,8-9,19H2,1H3. The van der Waals surface area contributed by atoms with Gasteiger partial charge in [-0.05, 0) is 61.8 Å². The lowest BCUT2D eigenvalue weighted by Gasteiger charge is -2.27. The smallest absolute Gasteiger partial charge is 0.0693 e. The van der Waals surface area contributed by atoms with E-state index in [1.807, 2.05) is 12.1 Å². The zero-order valence-electron chi connectivity index (χ0n) is 11.9. The average molecular weight is 313 g/mol. The Hall–Kier alpha value is -0.440. The summed E-state index contributed by atoms with van der Waals surface area (Å²) in [4.78, 5) is 2.39. The van der Waals surface area contributed by atoms with E-state index >= 15 is 0 Å². The minimum absolute atomic E-state index is 0.479. The molecule has 0 aromatic heterocycles. The number of hydrogen-bond acceptors (Lipinski definition) is 2. The maximum absolute atomic E-state index is 6.10. The highest BCUT2D eigenvalue weighted by atomic mass is 35.5. The summed E-state index contributed by atoms with van der Waals surface area (Å²) in [5.41, 5.74) is 7.40. The van der Waals surface area contributed by atoms with Gasteiger partial charge in [-0.1, -0.05) is 29.6 Å². The van der Waals surface area contributed by atoms with Gasteiger partial charge in [0.2, 0.25) is 0 Å². The molecule has 2 aliphatic carbocycles. The van der Waals surface area contributed by atoms with Gasteiger partial charge >= 0.3 is 0 Å². The zero-order valence-corrected chi connectivity index (χ0v) is 13.4. The largest absolute Gasteiger partial charge is 0.396 e. The van der Waals surface area contributed by atoms with Crippen LogP contribution < -0.4 is 5.73 Å². The van der Waals surface area contributed by atoms with Crippen molar-refractivity contribution in [1.29, 1.82) is 0 Å². The zero-order chi connectivity index (χ0) is 14.3. The van der Waals surface area contributed by atoms with E-state index < -0.39 is 0 Å². The van der Waals surface area contributed by atoms with Crippen molar-refractivity contribution in [2.45, 2.75) is 32.2 Å². The second kappa shape index (κ2) is 5.75. The molecule has 4 heteroatoms. The number of halogens is 2. The van der Waals surface area contributed by atoms with E-state index in [1.54, 1.807) is 0 Å². The number of benzene rings is 1. The van der Waals surface area contributed by atoms with E-state index in [2.05, 4.69) is 11.9 Å². The number of nitrogen functional groups attached to an aromatic ring is 1. The molecule has 1 aromatic carbocycles. The maximum Gasteiger partial charge on any atom is 0.0693 e. The quantitative estimate of drug-likeness (QED) is 0.833. The molecule has 3 unspecified atom stereocenters. The van der Waals surface area contributed by atoms with Gasteiger partial charge in [0.25, 0.3) is 0 Å². The fourth-order valence-electron chi connectivity index (χ4n) is 4.10. The number of anilines is 1. The van der Waals surface area contributed by atoms with Gasteiger partial charge in [0.15, 0.2) is 0 Å². The van der Waals surface area contributed by atoms with Crippen LogP contribution >= 0.6 is 23.2 Å². The minimum atomic E-state index is 0.479. The molecule has 0 aliphatic heterocycles. The number of nitrogens with zero attached hydrogens (tertiary/aromatic N) is 1. The van der Waals surface area contributed by atoms with Gasteiger partial charge in [0.05, 0.1) is 15.7 Å². The molecular formula is C16H22Cl2N2. The van der Waals surface area contributed by atoms with Crippen LogP contribution in [-0.2, 0) is 6.54 Å². The summed E-state index contributed by atoms with van der Waals surface area (Å²) in [7, 11) is 2.18. The van der Waals surface area contributed by atoms with Gasteiger partial charge < -0.3 is 10.6 Å². The molecular weight excluding hydrogens is 291 g/mol. The first kappa shape index (κ1) is 14.5. The van der Waals surface area contributed by atoms with E-state index in [-0.39, 0.29) is 0 Å². The molecule has 2 N–H and O–H groups in total. The van der Waals surface area contributed by atoms with Crippen molar-refractivity contribution in [1.82, 2.24) is 4.90 Å². The lowest BCUT2D eigenvalue weighted by atomic mass is 9.88. The average Bonchev–Trinajstić information content (AvgIpc) is 2.97. The summed E-state index contributed by atoms with van der Waals surface area (Å²) in [5, 5.41) is 1.11. The van der Waals surface area contributed by atoms with Crippen LogP contribution in [0.2, 0.25) is 10.0 Å². The number of rotatable bonds is 4. The van der Waals surface area contributed by atoms with Crippen molar-refractivity contribution >= 4 is 28.9 Å². The van der Waals surface area contributed by atoms with Gasteiger partial charge in [-0.25, -0.2) is 0 Å². The van der Waals surface area contributed by atoms with Gasteiger partial charge in [0.1, 0.15) is 0 Å². The van der Waals surface area contributed by atoms with Crippen LogP contribution in [-0.4, -0.2) is 18.5 Å². The molecule has 2 fully saturated rings. The van der Waals surface area contributed by atoms with E-state index in [0.29, 0.717) is 15.7 Å². The van der Waals surface area contributed by atoms with Crippen LogP contribution in [0.3, 0.4) is 0 Å². The van der Waals surface area contributed by atoms with Gasteiger partial charge in [-0.15, -0.1) is 0 Å². The van der Waals surface area contributed by atoms with Gasteiger partial charge in [-0.3, -0.25) is 0 Å². The lowest BCUT2D eigenvalue weighted by molar-refractivity contribution is 0.214. The third-order valence-electron chi connectivity index (χ3n) is 5.02. The molecule has 2 saturated carbocycles. The number of fused-ring (bicyclic) bond motifs is 2. The highest BCUT2D eigenvalue weighted by Crippen LogP contribution is 2.48. The van der Waals surface area contributed by atoms with Crippen LogP contribution in [0.15, 0.2) is 12.1 Å².